The second-order valence-corrected chi connectivity index (χ2v) is 7.03. The molecule has 2 aromatic rings. The maximum atomic E-state index is 6.01. The van der Waals surface area contributed by atoms with Gasteiger partial charge in [0, 0.05) is 11.8 Å². The molecule has 0 amide bonds. The van der Waals surface area contributed by atoms with Crippen LogP contribution < -0.4 is 0 Å². The van der Waals surface area contributed by atoms with Crippen molar-refractivity contribution >= 4 is 0 Å². The normalized spacial score (nSPS) is 13.8. The van der Waals surface area contributed by atoms with Crippen molar-refractivity contribution in [1.82, 2.24) is 0 Å². The second-order valence-electron chi connectivity index (χ2n) is 7.03. The van der Waals surface area contributed by atoms with Crippen LogP contribution in [0.25, 0.3) is 0 Å². The second kappa shape index (κ2) is 7.79. The molecule has 2 unspecified atom stereocenters. The highest BCUT2D eigenvalue weighted by Gasteiger charge is 2.10. The van der Waals surface area contributed by atoms with Gasteiger partial charge in [0.1, 0.15) is 0 Å². The molecule has 0 aliphatic rings. The summed E-state index contributed by atoms with van der Waals surface area (Å²) in [5, 5.41) is 0. The Hall–Kier alpha value is -1.60. The number of hydrogen-bond acceptors (Lipinski definition) is 1. The largest absolute Gasteiger partial charge is 0.380 e. The van der Waals surface area contributed by atoms with E-state index in [-0.39, 0.29) is 0 Å². The van der Waals surface area contributed by atoms with Crippen molar-refractivity contribution in [2.75, 3.05) is 13.2 Å². The molecular weight excluding hydrogens is 280 g/mol. The van der Waals surface area contributed by atoms with E-state index in [0.29, 0.717) is 11.8 Å². The number of aryl methyl sites for hydroxylation is 4. The van der Waals surface area contributed by atoms with Crippen molar-refractivity contribution in [3.8, 4) is 0 Å². The first kappa shape index (κ1) is 17.7. The van der Waals surface area contributed by atoms with Gasteiger partial charge in [-0.05, 0) is 61.1 Å². The first-order valence-corrected chi connectivity index (χ1v) is 8.60. The van der Waals surface area contributed by atoms with Gasteiger partial charge in [0.15, 0.2) is 0 Å². The van der Waals surface area contributed by atoms with Crippen LogP contribution in [0.15, 0.2) is 36.4 Å². The summed E-state index contributed by atoms with van der Waals surface area (Å²) >= 11 is 0. The average molecular weight is 310 g/mol. The quantitative estimate of drug-likeness (QED) is 0.651. The van der Waals surface area contributed by atoms with E-state index in [1.165, 1.54) is 33.4 Å². The molecule has 0 aromatic heterocycles. The van der Waals surface area contributed by atoms with Gasteiger partial charge in [-0.2, -0.15) is 0 Å². The molecule has 0 spiro atoms. The van der Waals surface area contributed by atoms with Crippen LogP contribution in [0.3, 0.4) is 0 Å². The highest BCUT2D eigenvalue weighted by molar-refractivity contribution is 5.32. The van der Waals surface area contributed by atoms with Gasteiger partial charge >= 0.3 is 0 Å². The van der Waals surface area contributed by atoms with Gasteiger partial charge in [0.25, 0.3) is 0 Å². The molecule has 1 nitrogen and oxygen atoms in total. The minimum Gasteiger partial charge on any atom is -0.380 e. The van der Waals surface area contributed by atoms with Crippen LogP contribution in [0.1, 0.15) is 59.1 Å². The van der Waals surface area contributed by atoms with Crippen LogP contribution in [0.2, 0.25) is 0 Å². The SMILES string of the molecule is Cc1ccc(C(C)COCC(C)c2ccc(C)c(C)c2)cc1C. The summed E-state index contributed by atoms with van der Waals surface area (Å²) in [7, 11) is 0. The van der Waals surface area contributed by atoms with Gasteiger partial charge in [-0.1, -0.05) is 50.2 Å². The van der Waals surface area contributed by atoms with Crippen molar-refractivity contribution in [2.45, 2.75) is 53.4 Å². The van der Waals surface area contributed by atoms with Crippen molar-refractivity contribution in [3.05, 3.63) is 69.8 Å². The van der Waals surface area contributed by atoms with Gasteiger partial charge in [0.05, 0.1) is 13.2 Å². The van der Waals surface area contributed by atoms with E-state index >= 15 is 0 Å². The van der Waals surface area contributed by atoms with E-state index in [1.807, 2.05) is 0 Å². The molecule has 1 heteroatoms. The third-order valence-corrected chi connectivity index (χ3v) is 4.94. The molecule has 0 N–H and O–H groups in total. The number of benzene rings is 2. The molecule has 124 valence electrons. The zero-order valence-corrected chi connectivity index (χ0v) is 15.4. The van der Waals surface area contributed by atoms with Crippen molar-refractivity contribution in [2.24, 2.45) is 0 Å². The lowest BCUT2D eigenvalue weighted by atomic mass is 9.97. The number of rotatable bonds is 6. The third-order valence-electron chi connectivity index (χ3n) is 4.94. The lowest BCUT2D eigenvalue weighted by Gasteiger charge is -2.17. The fourth-order valence-corrected chi connectivity index (χ4v) is 2.76. The van der Waals surface area contributed by atoms with E-state index < -0.39 is 0 Å². The number of ether oxygens (including phenoxy) is 1. The summed E-state index contributed by atoms with van der Waals surface area (Å²) in [6, 6.07) is 13.4. The molecular formula is C22H30O. The van der Waals surface area contributed by atoms with Crippen LogP contribution in [0, 0.1) is 27.7 Å². The van der Waals surface area contributed by atoms with Gasteiger partial charge in [-0.3, -0.25) is 0 Å². The lowest BCUT2D eigenvalue weighted by molar-refractivity contribution is 0.113. The van der Waals surface area contributed by atoms with E-state index in [1.54, 1.807) is 0 Å². The fraction of sp³-hybridized carbons (Fsp3) is 0.455. The Morgan fingerprint density at radius 2 is 1.04 bits per heavy atom. The minimum absolute atomic E-state index is 0.432. The smallest absolute Gasteiger partial charge is 0.0532 e. The van der Waals surface area contributed by atoms with E-state index in [4.69, 9.17) is 4.74 Å². The zero-order chi connectivity index (χ0) is 17.0. The van der Waals surface area contributed by atoms with Gasteiger partial charge in [-0.15, -0.1) is 0 Å². The molecule has 0 aliphatic heterocycles. The van der Waals surface area contributed by atoms with Crippen LogP contribution in [-0.4, -0.2) is 13.2 Å². The maximum absolute atomic E-state index is 6.01. The summed E-state index contributed by atoms with van der Waals surface area (Å²) in [6.07, 6.45) is 0. The molecule has 0 saturated heterocycles. The highest BCUT2D eigenvalue weighted by atomic mass is 16.5. The Bertz CT molecular complexity index is 600. The van der Waals surface area contributed by atoms with Crippen molar-refractivity contribution in [3.63, 3.8) is 0 Å². The number of hydrogen-bond donors (Lipinski definition) is 0. The summed E-state index contributed by atoms with van der Waals surface area (Å²) in [6.45, 7) is 14.7. The van der Waals surface area contributed by atoms with Crippen LogP contribution >= 0.6 is 0 Å². The summed E-state index contributed by atoms with van der Waals surface area (Å²) < 4.78 is 6.01. The Kier molecular flexibility index (Phi) is 6.01. The first-order chi connectivity index (χ1) is 10.9. The molecule has 23 heavy (non-hydrogen) atoms. The average Bonchev–Trinajstić information content (AvgIpc) is 2.52. The molecule has 0 fully saturated rings. The molecule has 2 atom stereocenters. The lowest BCUT2D eigenvalue weighted by Crippen LogP contribution is -2.10. The summed E-state index contributed by atoms with van der Waals surface area (Å²) in [4.78, 5) is 0. The molecule has 2 rings (SSSR count). The van der Waals surface area contributed by atoms with Gasteiger partial charge in [0.2, 0.25) is 0 Å². The van der Waals surface area contributed by atoms with Crippen molar-refractivity contribution in [1.29, 1.82) is 0 Å². The van der Waals surface area contributed by atoms with Gasteiger partial charge < -0.3 is 4.74 Å². The predicted molar refractivity (Wildman–Crippen MR) is 99.5 cm³/mol. The van der Waals surface area contributed by atoms with E-state index in [9.17, 15) is 0 Å². The standard InChI is InChI=1S/C22H30O/c1-15-7-9-21(11-17(15)3)19(5)13-23-14-20(6)22-10-8-16(2)18(4)12-22/h7-12,19-20H,13-14H2,1-6H3. The molecule has 0 aliphatic carbocycles. The maximum Gasteiger partial charge on any atom is 0.0532 e. The van der Waals surface area contributed by atoms with Gasteiger partial charge in [-0.25, -0.2) is 0 Å². The van der Waals surface area contributed by atoms with Crippen LogP contribution in [-0.2, 0) is 4.74 Å². The molecule has 0 radical (unpaired) electrons. The Morgan fingerprint density at radius 3 is 1.39 bits per heavy atom. The monoisotopic (exact) mass is 310 g/mol. The first-order valence-electron chi connectivity index (χ1n) is 8.60. The topological polar surface area (TPSA) is 9.23 Å². The molecule has 0 bridgehead atoms. The zero-order valence-electron chi connectivity index (χ0n) is 15.4. The molecule has 2 aromatic carbocycles. The summed E-state index contributed by atoms with van der Waals surface area (Å²) in [5.41, 5.74) is 8.16. The Balaban J connectivity index is 1.88. The fourth-order valence-electron chi connectivity index (χ4n) is 2.76. The predicted octanol–water partition coefficient (Wildman–Crippen LogP) is 5.84. The van der Waals surface area contributed by atoms with Crippen molar-refractivity contribution < 1.29 is 4.74 Å². The minimum atomic E-state index is 0.432. The molecule has 0 heterocycles. The van der Waals surface area contributed by atoms with E-state index in [2.05, 4.69) is 77.9 Å². The highest BCUT2D eigenvalue weighted by Crippen LogP contribution is 2.22. The van der Waals surface area contributed by atoms with Crippen LogP contribution in [0.4, 0.5) is 0 Å². The Labute approximate surface area is 141 Å². The Morgan fingerprint density at radius 1 is 0.652 bits per heavy atom. The molecule has 0 saturated carbocycles. The summed E-state index contributed by atoms with van der Waals surface area (Å²) in [5.74, 6) is 0.863. The van der Waals surface area contributed by atoms with E-state index in [0.717, 1.165) is 13.2 Å². The van der Waals surface area contributed by atoms with Crippen LogP contribution in [0.5, 0.6) is 0 Å². The third kappa shape index (κ3) is 4.68.